The molecule has 0 saturated carbocycles. The summed E-state index contributed by atoms with van der Waals surface area (Å²) in [7, 11) is 0. The Balaban J connectivity index is 1.94. The summed E-state index contributed by atoms with van der Waals surface area (Å²) in [6, 6.07) is 8.99. The van der Waals surface area contributed by atoms with Crippen LogP contribution >= 0.6 is 11.6 Å². The van der Waals surface area contributed by atoms with Gasteiger partial charge in [0.15, 0.2) is 0 Å². The van der Waals surface area contributed by atoms with E-state index in [-0.39, 0.29) is 0 Å². The summed E-state index contributed by atoms with van der Waals surface area (Å²) < 4.78 is 0. The lowest BCUT2D eigenvalue weighted by molar-refractivity contribution is 0.136. The SMILES string of the molecule is CC1CCCC(C)N1Nc1ccnc2cc(Cl)ccc12. The molecule has 1 fully saturated rings. The highest BCUT2D eigenvalue weighted by atomic mass is 35.5. The molecule has 2 heterocycles. The molecule has 0 aliphatic carbocycles. The van der Waals surface area contributed by atoms with Gasteiger partial charge in [-0.15, -0.1) is 0 Å². The van der Waals surface area contributed by atoms with E-state index in [1.54, 1.807) is 0 Å². The number of halogens is 1. The van der Waals surface area contributed by atoms with E-state index < -0.39 is 0 Å². The minimum Gasteiger partial charge on any atom is -0.318 e. The van der Waals surface area contributed by atoms with Crippen molar-refractivity contribution >= 4 is 28.2 Å². The molecule has 3 rings (SSSR count). The zero-order valence-electron chi connectivity index (χ0n) is 11.9. The first kappa shape index (κ1) is 13.7. The monoisotopic (exact) mass is 289 g/mol. The summed E-state index contributed by atoms with van der Waals surface area (Å²) in [6.45, 7) is 4.56. The van der Waals surface area contributed by atoms with E-state index in [1.165, 1.54) is 19.3 Å². The predicted molar refractivity (Wildman–Crippen MR) is 85.0 cm³/mol. The Morgan fingerprint density at radius 1 is 1.20 bits per heavy atom. The van der Waals surface area contributed by atoms with Crippen molar-refractivity contribution in [1.82, 2.24) is 9.99 Å². The van der Waals surface area contributed by atoms with Crippen molar-refractivity contribution in [3.05, 3.63) is 35.5 Å². The highest BCUT2D eigenvalue weighted by molar-refractivity contribution is 6.31. The number of pyridine rings is 1. The zero-order chi connectivity index (χ0) is 14.1. The van der Waals surface area contributed by atoms with Gasteiger partial charge in [-0.05, 0) is 51.0 Å². The second-order valence-electron chi connectivity index (χ2n) is 5.67. The number of nitrogens with one attached hydrogen (secondary N) is 1. The third kappa shape index (κ3) is 2.60. The van der Waals surface area contributed by atoms with Gasteiger partial charge in [0.2, 0.25) is 0 Å². The number of benzene rings is 1. The Bertz CT molecular complexity index is 604. The molecule has 106 valence electrons. The molecular formula is C16H20ClN3. The maximum Gasteiger partial charge on any atom is 0.0738 e. The van der Waals surface area contributed by atoms with E-state index in [2.05, 4.69) is 29.3 Å². The molecule has 1 aliphatic rings. The quantitative estimate of drug-likeness (QED) is 0.883. The smallest absolute Gasteiger partial charge is 0.0738 e. The molecule has 20 heavy (non-hydrogen) atoms. The molecular weight excluding hydrogens is 270 g/mol. The van der Waals surface area contributed by atoms with E-state index >= 15 is 0 Å². The number of hydrogen-bond donors (Lipinski definition) is 1. The molecule has 1 saturated heterocycles. The molecule has 0 bridgehead atoms. The molecule has 2 aromatic rings. The highest BCUT2D eigenvalue weighted by Gasteiger charge is 2.24. The fourth-order valence-electron chi connectivity index (χ4n) is 3.00. The maximum absolute atomic E-state index is 6.04. The summed E-state index contributed by atoms with van der Waals surface area (Å²) in [5.41, 5.74) is 5.63. The van der Waals surface area contributed by atoms with Crippen LogP contribution in [0.2, 0.25) is 5.02 Å². The molecule has 1 aromatic heterocycles. The summed E-state index contributed by atoms with van der Waals surface area (Å²) >= 11 is 6.04. The van der Waals surface area contributed by atoms with Gasteiger partial charge in [0.05, 0.1) is 11.2 Å². The second-order valence-corrected chi connectivity index (χ2v) is 6.10. The first-order valence-electron chi connectivity index (χ1n) is 7.24. The topological polar surface area (TPSA) is 28.2 Å². The number of aromatic nitrogens is 1. The Hall–Kier alpha value is -1.32. The van der Waals surface area contributed by atoms with Crippen LogP contribution in [-0.2, 0) is 0 Å². The van der Waals surface area contributed by atoms with Crippen LogP contribution in [0.15, 0.2) is 30.5 Å². The van der Waals surface area contributed by atoms with Crippen LogP contribution in [0.5, 0.6) is 0 Å². The summed E-state index contributed by atoms with van der Waals surface area (Å²) in [6.07, 6.45) is 5.63. The van der Waals surface area contributed by atoms with Crippen molar-refractivity contribution in [3.63, 3.8) is 0 Å². The molecule has 1 aliphatic heterocycles. The largest absolute Gasteiger partial charge is 0.318 e. The Kier molecular flexibility index (Phi) is 3.81. The van der Waals surface area contributed by atoms with Gasteiger partial charge >= 0.3 is 0 Å². The van der Waals surface area contributed by atoms with Crippen molar-refractivity contribution < 1.29 is 0 Å². The van der Waals surface area contributed by atoms with Gasteiger partial charge in [0, 0.05) is 28.7 Å². The minimum absolute atomic E-state index is 0.550. The molecule has 0 spiro atoms. The number of nitrogens with zero attached hydrogens (tertiary/aromatic N) is 2. The van der Waals surface area contributed by atoms with Gasteiger partial charge in [-0.2, -0.15) is 0 Å². The van der Waals surface area contributed by atoms with Gasteiger partial charge in [-0.25, -0.2) is 5.01 Å². The third-order valence-corrected chi connectivity index (χ3v) is 4.38. The number of rotatable bonds is 2. The van der Waals surface area contributed by atoms with Gasteiger partial charge in [0.1, 0.15) is 0 Å². The number of hydrazine groups is 1. The third-order valence-electron chi connectivity index (χ3n) is 4.15. The molecule has 0 radical (unpaired) electrons. The van der Waals surface area contributed by atoms with Gasteiger partial charge < -0.3 is 5.43 Å². The van der Waals surface area contributed by atoms with Crippen molar-refractivity contribution in [1.29, 1.82) is 0 Å². The van der Waals surface area contributed by atoms with Crippen molar-refractivity contribution in [3.8, 4) is 0 Å². The maximum atomic E-state index is 6.04. The number of fused-ring (bicyclic) bond motifs is 1. The van der Waals surface area contributed by atoms with Crippen LogP contribution in [0, 0.1) is 0 Å². The van der Waals surface area contributed by atoms with E-state index in [0.717, 1.165) is 21.6 Å². The predicted octanol–water partition coefficient (Wildman–Crippen LogP) is 4.48. The summed E-state index contributed by atoms with van der Waals surface area (Å²) in [5.74, 6) is 0. The molecule has 1 aromatic carbocycles. The Morgan fingerprint density at radius 2 is 1.95 bits per heavy atom. The van der Waals surface area contributed by atoms with Crippen LogP contribution in [0.1, 0.15) is 33.1 Å². The lowest BCUT2D eigenvalue weighted by Crippen LogP contribution is -2.47. The first-order valence-corrected chi connectivity index (χ1v) is 7.62. The zero-order valence-corrected chi connectivity index (χ0v) is 12.7. The van der Waals surface area contributed by atoms with Crippen molar-refractivity contribution in [2.24, 2.45) is 0 Å². The Labute approximate surface area is 124 Å². The lowest BCUT2D eigenvalue weighted by Gasteiger charge is -2.39. The molecule has 2 atom stereocenters. The summed E-state index contributed by atoms with van der Waals surface area (Å²) in [5, 5.41) is 4.20. The molecule has 2 unspecified atom stereocenters. The average Bonchev–Trinajstić information content (AvgIpc) is 2.42. The average molecular weight is 290 g/mol. The second kappa shape index (κ2) is 5.58. The number of hydrogen-bond acceptors (Lipinski definition) is 3. The molecule has 3 nitrogen and oxygen atoms in total. The first-order chi connectivity index (χ1) is 9.65. The molecule has 4 heteroatoms. The van der Waals surface area contributed by atoms with Gasteiger partial charge in [-0.3, -0.25) is 4.98 Å². The van der Waals surface area contributed by atoms with E-state index in [4.69, 9.17) is 11.6 Å². The lowest BCUT2D eigenvalue weighted by atomic mass is 10.00. The highest BCUT2D eigenvalue weighted by Crippen LogP contribution is 2.28. The van der Waals surface area contributed by atoms with Crippen molar-refractivity contribution in [2.75, 3.05) is 5.43 Å². The van der Waals surface area contributed by atoms with E-state index in [1.807, 2.05) is 30.5 Å². The van der Waals surface area contributed by atoms with Crippen LogP contribution in [0.3, 0.4) is 0 Å². The molecule has 0 amide bonds. The fraction of sp³-hybridized carbons (Fsp3) is 0.438. The van der Waals surface area contributed by atoms with Crippen LogP contribution in [0.25, 0.3) is 10.9 Å². The van der Waals surface area contributed by atoms with E-state index in [9.17, 15) is 0 Å². The van der Waals surface area contributed by atoms with Gasteiger partial charge in [-0.1, -0.05) is 18.0 Å². The van der Waals surface area contributed by atoms with Crippen molar-refractivity contribution in [2.45, 2.75) is 45.2 Å². The normalized spacial score (nSPS) is 23.9. The Morgan fingerprint density at radius 3 is 2.70 bits per heavy atom. The number of piperidine rings is 1. The van der Waals surface area contributed by atoms with Crippen LogP contribution in [-0.4, -0.2) is 22.1 Å². The van der Waals surface area contributed by atoms with E-state index in [0.29, 0.717) is 12.1 Å². The number of anilines is 1. The van der Waals surface area contributed by atoms with Gasteiger partial charge in [0.25, 0.3) is 0 Å². The molecule has 1 N–H and O–H groups in total. The standard InChI is InChI=1S/C16H20ClN3/c1-11-4-3-5-12(2)20(11)19-15-8-9-18-16-10-13(17)6-7-14(15)16/h6-12H,3-5H2,1-2H3,(H,18,19). The minimum atomic E-state index is 0.550. The fourth-order valence-corrected chi connectivity index (χ4v) is 3.17. The summed E-state index contributed by atoms with van der Waals surface area (Å²) in [4.78, 5) is 4.39. The van der Waals surface area contributed by atoms with Crippen LogP contribution < -0.4 is 5.43 Å². The van der Waals surface area contributed by atoms with Crippen LogP contribution in [0.4, 0.5) is 5.69 Å².